The van der Waals surface area contributed by atoms with Crippen molar-refractivity contribution in [3.63, 3.8) is 0 Å². The van der Waals surface area contributed by atoms with Crippen LogP contribution in [0.15, 0.2) is 24.3 Å². The Balaban J connectivity index is 1.93. The van der Waals surface area contributed by atoms with Crippen LogP contribution in [0.4, 0.5) is 0 Å². The molecule has 0 bridgehead atoms. The van der Waals surface area contributed by atoms with Gasteiger partial charge in [0.05, 0.1) is 7.11 Å². The van der Waals surface area contributed by atoms with Crippen molar-refractivity contribution in [1.29, 1.82) is 0 Å². The second kappa shape index (κ2) is 6.57. The van der Waals surface area contributed by atoms with Gasteiger partial charge in [-0.1, -0.05) is 31.4 Å². The van der Waals surface area contributed by atoms with Crippen molar-refractivity contribution >= 4 is 5.91 Å². The summed E-state index contributed by atoms with van der Waals surface area (Å²) < 4.78 is 5.05. The summed E-state index contributed by atoms with van der Waals surface area (Å²) in [6.45, 7) is 0. The van der Waals surface area contributed by atoms with Crippen LogP contribution in [0.5, 0.6) is 5.75 Å². The smallest absolute Gasteiger partial charge is 0.253 e. The first kappa shape index (κ1) is 13.9. The summed E-state index contributed by atoms with van der Waals surface area (Å²) in [5.74, 6) is 0.403. The van der Waals surface area contributed by atoms with Crippen LogP contribution >= 0.6 is 0 Å². The molecule has 2 N–H and O–H groups in total. The second-order valence-electron chi connectivity index (χ2n) is 5.02. The molecule has 1 amide bonds. The van der Waals surface area contributed by atoms with E-state index in [1.54, 1.807) is 31.4 Å². The molecule has 0 saturated heterocycles. The van der Waals surface area contributed by atoms with Gasteiger partial charge in [0.15, 0.2) is 6.10 Å². The van der Waals surface area contributed by atoms with Crippen molar-refractivity contribution in [2.45, 2.75) is 44.2 Å². The lowest BCUT2D eigenvalue weighted by molar-refractivity contribution is -0.130. The molecule has 19 heavy (non-hydrogen) atoms. The quantitative estimate of drug-likeness (QED) is 0.875. The molecule has 0 spiro atoms. The Labute approximate surface area is 113 Å². The van der Waals surface area contributed by atoms with Crippen LogP contribution in [0.2, 0.25) is 0 Å². The topological polar surface area (TPSA) is 58.6 Å². The van der Waals surface area contributed by atoms with Gasteiger partial charge in [0.25, 0.3) is 5.91 Å². The number of carbonyl (C=O) groups excluding carboxylic acids is 1. The monoisotopic (exact) mass is 263 g/mol. The predicted octanol–water partition coefficient (Wildman–Crippen LogP) is 2.18. The molecule has 1 aliphatic rings. The molecule has 0 aliphatic heterocycles. The van der Waals surface area contributed by atoms with Crippen LogP contribution in [0.25, 0.3) is 0 Å². The Morgan fingerprint density at radius 2 is 1.89 bits per heavy atom. The Morgan fingerprint density at radius 1 is 1.26 bits per heavy atom. The largest absolute Gasteiger partial charge is 0.497 e. The second-order valence-corrected chi connectivity index (χ2v) is 5.02. The highest BCUT2D eigenvalue weighted by Crippen LogP contribution is 2.20. The van der Waals surface area contributed by atoms with E-state index in [1.807, 2.05) is 0 Å². The fraction of sp³-hybridized carbons (Fsp3) is 0.533. The minimum Gasteiger partial charge on any atom is -0.497 e. The minimum absolute atomic E-state index is 0.217. The van der Waals surface area contributed by atoms with Gasteiger partial charge in [0, 0.05) is 6.04 Å². The zero-order valence-electron chi connectivity index (χ0n) is 11.3. The van der Waals surface area contributed by atoms with E-state index >= 15 is 0 Å². The molecule has 2 rings (SSSR count). The zero-order chi connectivity index (χ0) is 13.7. The lowest BCUT2D eigenvalue weighted by Crippen LogP contribution is -2.39. The molecule has 0 radical (unpaired) electrons. The highest BCUT2D eigenvalue weighted by atomic mass is 16.5. The number of aliphatic hydroxyl groups is 1. The van der Waals surface area contributed by atoms with Crippen molar-refractivity contribution in [3.05, 3.63) is 29.8 Å². The normalized spacial score (nSPS) is 17.8. The van der Waals surface area contributed by atoms with Crippen molar-refractivity contribution in [2.24, 2.45) is 0 Å². The van der Waals surface area contributed by atoms with Crippen molar-refractivity contribution in [2.75, 3.05) is 7.11 Å². The molecule has 104 valence electrons. The third-order valence-corrected chi connectivity index (χ3v) is 3.63. The number of carbonyl (C=O) groups is 1. The Bertz CT molecular complexity index is 410. The number of ether oxygens (including phenoxy) is 1. The van der Waals surface area contributed by atoms with Gasteiger partial charge in [-0.25, -0.2) is 0 Å². The average Bonchev–Trinajstić information content (AvgIpc) is 2.47. The molecule has 4 nitrogen and oxygen atoms in total. The van der Waals surface area contributed by atoms with Crippen molar-refractivity contribution < 1.29 is 14.6 Å². The molecular weight excluding hydrogens is 242 g/mol. The number of hydrogen-bond acceptors (Lipinski definition) is 3. The molecule has 1 atom stereocenters. The minimum atomic E-state index is -1.10. The molecule has 1 aromatic carbocycles. The Morgan fingerprint density at radius 3 is 2.47 bits per heavy atom. The van der Waals surface area contributed by atoms with E-state index in [0.717, 1.165) is 25.7 Å². The van der Waals surface area contributed by atoms with Gasteiger partial charge in [-0.05, 0) is 30.5 Å². The number of benzene rings is 1. The summed E-state index contributed by atoms with van der Waals surface area (Å²) in [6.07, 6.45) is 4.48. The van der Waals surface area contributed by atoms with E-state index in [2.05, 4.69) is 5.32 Å². The molecular formula is C15H21NO3. The summed E-state index contributed by atoms with van der Waals surface area (Å²) in [7, 11) is 1.58. The molecule has 0 heterocycles. The van der Waals surface area contributed by atoms with Crippen LogP contribution in [0.1, 0.15) is 43.8 Å². The first-order chi connectivity index (χ1) is 9.20. The van der Waals surface area contributed by atoms with Gasteiger partial charge in [0.2, 0.25) is 0 Å². The summed E-state index contributed by atoms with van der Waals surface area (Å²) in [6, 6.07) is 7.13. The van der Waals surface area contributed by atoms with Crippen LogP contribution in [0.3, 0.4) is 0 Å². The standard InChI is InChI=1S/C15H21NO3/c1-19-13-9-7-11(8-10-13)14(17)15(18)16-12-5-3-2-4-6-12/h7-10,12,14,17H,2-6H2,1H3,(H,16,18). The Kier molecular flexibility index (Phi) is 4.80. The van der Waals surface area contributed by atoms with Crippen LogP contribution in [0, 0.1) is 0 Å². The maximum Gasteiger partial charge on any atom is 0.253 e. The fourth-order valence-corrected chi connectivity index (χ4v) is 2.46. The Hall–Kier alpha value is -1.55. The number of aliphatic hydroxyl groups excluding tert-OH is 1. The van der Waals surface area contributed by atoms with E-state index < -0.39 is 6.10 Å². The third-order valence-electron chi connectivity index (χ3n) is 3.63. The molecule has 1 unspecified atom stereocenters. The third kappa shape index (κ3) is 3.70. The number of nitrogens with one attached hydrogen (secondary N) is 1. The highest BCUT2D eigenvalue weighted by molar-refractivity contribution is 5.82. The zero-order valence-corrected chi connectivity index (χ0v) is 11.3. The molecule has 4 heteroatoms. The summed E-state index contributed by atoms with van der Waals surface area (Å²) in [5, 5.41) is 13.0. The fourth-order valence-electron chi connectivity index (χ4n) is 2.46. The van der Waals surface area contributed by atoms with E-state index in [-0.39, 0.29) is 11.9 Å². The number of amides is 1. The van der Waals surface area contributed by atoms with Gasteiger partial charge in [-0.15, -0.1) is 0 Å². The number of rotatable bonds is 4. The van der Waals surface area contributed by atoms with Gasteiger partial charge >= 0.3 is 0 Å². The lowest BCUT2D eigenvalue weighted by Gasteiger charge is -2.24. The number of methoxy groups -OCH3 is 1. The average molecular weight is 263 g/mol. The van der Waals surface area contributed by atoms with Crippen LogP contribution in [-0.4, -0.2) is 24.2 Å². The molecule has 1 saturated carbocycles. The molecule has 1 aromatic rings. The summed E-state index contributed by atoms with van der Waals surface area (Å²) >= 11 is 0. The first-order valence-corrected chi connectivity index (χ1v) is 6.83. The van der Waals surface area contributed by atoms with E-state index in [1.165, 1.54) is 6.42 Å². The van der Waals surface area contributed by atoms with Gasteiger partial charge in [-0.2, -0.15) is 0 Å². The highest BCUT2D eigenvalue weighted by Gasteiger charge is 2.21. The van der Waals surface area contributed by atoms with Crippen LogP contribution in [-0.2, 0) is 4.79 Å². The number of hydrogen-bond donors (Lipinski definition) is 2. The lowest BCUT2D eigenvalue weighted by atomic mass is 9.95. The van der Waals surface area contributed by atoms with E-state index in [0.29, 0.717) is 11.3 Å². The maximum absolute atomic E-state index is 12.0. The molecule has 1 aliphatic carbocycles. The predicted molar refractivity (Wildman–Crippen MR) is 73.0 cm³/mol. The summed E-state index contributed by atoms with van der Waals surface area (Å²) in [5.41, 5.74) is 0.592. The van der Waals surface area contributed by atoms with Gasteiger partial charge in [-0.3, -0.25) is 4.79 Å². The SMILES string of the molecule is COc1ccc(C(O)C(=O)NC2CCCCC2)cc1. The van der Waals surface area contributed by atoms with Gasteiger partial charge in [0.1, 0.15) is 5.75 Å². The first-order valence-electron chi connectivity index (χ1n) is 6.83. The van der Waals surface area contributed by atoms with E-state index in [9.17, 15) is 9.90 Å². The maximum atomic E-state index is 12.0. The van der Waals surface area contributed by atoms with Gasteiger partial charge < -0.3 is 15.2 Å². The molecule has 1 fully saturated rings. The van der Waals surface area contributed by atoms with Crippen molar-refractivity contribution in [1.82, 2.24) is 5.32 Å². The molecule has 0 aromatic heterocycles. The van der Waals surface area contributed by atoms with Crippen LogP contribution < -0.4 is 10.1 Å². The van der Waals surface area contributed by atoms with Crippen molar-refractivity contribution in [3.8, 4) is 5.75 Å². The van der Waals surface area contributed by atoms with E-state index in [4.69, 9.17) is 4.74 Å². The summed E-state index contributed by atoms with van der Waals surface area (Å²) in [4.78, 5) is 12.0.